The zero-order valence-corrected chi connectivity index (χ0v) is 13.2. The molecule has 120 valence electrons. The first-order chi connectivity index (χ1) is 10.6. The first-order valence-electron chi connectivity index (χ1n) is 8.00. The molecule has 2 amide bonds. The Hall–Kier alpha value is -2.04. The summed E-state index contributed by atoms with van der Waals surface area (Å²) < 4.78 is 0. The van der Waals surface area contributed by atoms with Crippen molar-refractivity contribution in [2.75, 3.05) is 25.4 Å². The molecule has 1 heterocycles. The quantitative estimate of drug-likeness (QED) is 0.811. The van der Waals surface area contributed by atoms with Crippen molar-refractivity contribution in [3.05, 3.63) is 29.8 Å². The van der Waals surface area contributed by atoms with Crippen LogP contribution >= 0.6 is 0 Å². The van der Waals surface area contributed by atoms with Crippen LogP contribution in [0, 0.1) is 5.92 Å². The molecule has 1 saturated heterocycles. The molecule has 1 fully saturated rings. The minimum atomic E-state index is -0.0735. The van der Waals surface area contributed by atoms with Gasteiger partial charge in [-0.1, -0.05) is 19.1 Å². The van der Waals surface area contributed by atoms with E-state index in [1.807, 2.05) is 24.0 Å². The second-order valence-electron chi connectivity index (χ2n) is 5.89. The summed E-state index contributed by atoms with van der Waals surface area (Å²) in [6.45, 7) is 4.01. The average Bonchev–Trinajstić information content (AvgIpc) is 2.54. The number of piperidine rings is 1. The van der Waals surface area contributed by atoms with E-state index in [0.29, 0.717) is 25.2 Å². The highest BCUT2D eigenvalue weighted by Crippen LogP contribution is 2.18. The van der Waals surface area contributed by atoms with Crippen LogP contribution in [0.4, 0.5) is 5.69 Å². The number of carbonyl (C=O) groups excluding carboxylic acids is 2. The number of rotatable bonds is 5. The van der Waals surface area contributed by atoms with Crippen LogP contribution in [-0.2, 0) is 16.0 Å². The molecule has 5 nitrogen and oxygen atoms in total. The summed E-state index contributed by atoms with van der Waals surface area (Å²) in [5.41, 5.74) is 7.30. The van der Waals surface area contributed by atoms with Gasteiger partial charge in [0.25, 0.3) is 0 Å². The molecule has 1 aliphatic heterocycles. The lowest BCUT2D eigenvalue weighted by atomic mass is 9.96. The molecule has 3 N–H and O–H groups in total. The van der Waals surface area contributed by atoms with E-state index >= 15 is 0 Å². The molecule has 1 unspecified atom stereocenters. The van der Waals surface area contributed by atoms with Crippen molar-refractivity contribution in [3.63, 3.8) is 0 Å². The molecule has 1 aromatic rings. The largest absolute Gasteiger partial charge is 0.399 e. The highest BCUT2D eigenvalue weighted by molar-refractivity contribution is 5.82. The fourth-order valence-electron chi connectivity index (χ4n) is 2.73. The number of hydrogen-bond donors (Lipinski definition) is 2. The maximum atomic E-state index is 12.4. The van der Waals surface area contributed by atoms with E-state index in [1.54, 1.807) is 12.1 Å². The van der Waals surface area contributed by atoms with Gasteiger partial charge < -0.3 is 16.0 Å². The Morgan fingerprint density at radius 1 is 1.32 bits per heavy atom. The van der Waals surface area contributed by atoms with Crippen molar-refractivity contribution < 1.29 is 9.59 Å². The smallest absolute Gasteiger partial charge is 0.227 e. The molecule has 22 heavy (non-hydrogen) atoms. The molecule has 5 heteroatoms. The summed E-state index contributed by atoms with van der Waals surface area (Å²) in [7, 11) is 0. The Morgan fingerprint density at radius 2 is 2.05 bits per heavy atom. The highest BCUT2D eigenvalue weighted by atomic mass is 16.2. The molecule has 1 aromatic carbocycles. The van der Waals surface area contributed by atoms with E-state index in [4.69, 9.17) is 5.73 Å². The first-order valence-corrected chi connectivity index (χ1v) is 8.00. The molecule has 0 aromatic heterocycles. The lowest BCUT2D eigenvalue weighted by Crippen LogP contribution is -2.46. The molecule has 2 rings (SSSR count). The summed E-state index contributed by atoms with van der Waals surface area (Å²) in [4.78, 5) is 26.3. The van der Waals surface area contributed by atoms with Crippen molar-refractivity contribution in [3.8, 4) is 0 Å². The molecule has 1 atom stereocenters. The monoisotopic (exact) mass is 303 g/mol. The first kappa shape index (κ1) is 16.3. The van der Waals surface area contributed by atoms with Crippen molar-refractivity contribution in [2.45, 2.75) is 32.6 Å². The number of nitrogen functional groups attached to an aromatic ring is 1. The molecule has 0 saturated carbocycles. The van der Waals surface area contributed by atoms with Crippen LogP contribution < -0.4 is 11.1 Å². The van der Waals surface area contributed by atoms with Gasteiger partial charge in [-0.15, -0.1) is 0 Å². The van der Waals surface area contributed by atoms with Gasteiger partial charge in [-0.2, -0.15) is 0 Å². The summed E-state index contributed by atoms with van der Waals surface area (Å²) >= 11 is 0. The number of amides is 2. The molecule has 0 aliphatic carbocycles. The van der Waals surface area contributed by atoms with Gasteiger partial charge >= 0.3 is 0 Å². The van der Waals surface area contributed by atoms with Crippen LogP contribution in [0.1, 0.15) is 31.7 Å². The van der Waals surface area contributed by atoms with Gasteiger partial charge in [-0.3, -0.25) is 9.59 Å². The van der Waals surface area contributed by atoms with Gasteiger partial charge in [0.1, 0.15) is 0 Å². The topological polar surface area (TPSA) is 75.4 Å². The third-order valence-electron chi connectivity index (χ3n) is 4.03. The van der Waals surface area contributed by atoms with Gasteiger partial charge in [0, 0.05) is 25.3 Å². The third-order valence-corrected chi connectivity index (χ3v) is 4.03. The number of likely N-dealkylation sites (tertiary alicyclic amines) is 1. The van der Waals surface area contributed by atoms with Gasteiger partial charge in [-0.25, -0.2) is 0 Å². The van der Waals surface area contributed by atoms with Crippen molar-refractivity contribution >= 4 is 17.5 Å². The van der Waals surface area contributed by atoms with E-state index in [9.17, 15) is 9.59 Å². The minimum absolute atomic E-state index is 0.0735. The average molecular weight is 303 g/mol. The van der Waals surface area contributed by atoms with Crippen molar-refractivity contribution in [1.29, 1.82) is 0 Å². The second-order valence-corrected chi connectivity index (χ2v) is 5.89. The Balaban J connectivity index is 1.89. The van der Waals surface area contributed by atoms with Gasteiger partial charge in [0.15, 0.2) is 0 Å². The Bertz CT molecular complexity index is 513. The normalized spacial score (nSPS) is 18.0. The van der Waals surface area contributed by atoms with E-state index in [-0.39, 0.29) is 17.7 Å². The lowest BCUT2D eigenvalue weighted by Gasteiger charge is -2.32. The maximum Gasteiger partial charge on any atom is 0.227 e. The van der Waals surface area contributed by atoms with Crippen LogP contribution in [0.3, 0.4) is 0 Å². The van der Waals surface area contributed by atoms with Crippen LogP contribution in [0.15, 0.2) is 24.3 Å². The summed E-state index contributed by atoms with van der Waals surface area (Å²) in [6, 6.07) is 7.37. The third kappa shape index (κ3) is 4.48. The SMILES string of the molecule is CCCNC(=O)C1CCCN(C(=O)Cc2ccc(N)cc2)C1. The number of benzene rings is 1. The molecule has 0 bridgehead atoms. The summed E-state index contributed by atoms with van der Waals surface area (Å²) in [5, 5.41) is 2.93. The molecular formula is C17H25N3O2. The zero-order chi connectivity index (χ0) is 15.9. The Labute approximate surface area is 131 Å². The van der Waals surface area contributed by atoms with Crippen LogP contribution in [0.5, 0.6) is 0 Å². The molecular weight excluding hydrogens is 278 g/mol. The number of nitrogens with two attached hydrogens (primary N) is 1. The van der Waals surface area contributed by atoms with Crippen LogP contribution in [-0.4, -0.2) is 36.3 Å². The highest BCUT2D eigenvalue weighted by Gasteiger charge is 2.28. The number of nitrogens with one attached hydrogen (secondary N) is 1. The molecule has 0 radical (unpaired) electrons. The summed E-state index contributed by atoms with van der Waals surface area (Å²) in [6.07, 6.45) is 3.04. The predicted molar refractivity (Wildman–Crippen MR) is 87.2 cm³/mol. The van der Waals surface area contributed by atoms with Crippen molar-refractivity contribution in [2.24, 2.45) is 5.92 Å². The standard InChI is InChI=1S/C17H25N3O2/c1-2-9-19-17(22)14-4-3-10-20(12-14)16(21)11-13-5-7-15(18)8-6-13/h5-8,14H,2-4,9-12,18H2,1H3,(H,19,22). The maximum absolute atomic E-state index is 12.4. The van der Waals surface area contributed by atoms with Gasteiger partial charge in [0.2, 0.25) is 11.8 Å². The number of carbonyl (C=O) groups is 2. The van der Waals surface area contributed by atoms with E-state index in [1.165, 1.54) is 0 Å². The van der Waals surface area contributed by atoms with E-state index < -0.39 is 0 Å². The number of hydrogen-bond acceptors (Lipinski definition) is 3. The molecule has 1 aliphatic rings. The zero-order valence-electron chi connectivity index (χ0n) is 13.2. The van der Waals surface area contributed by atoms with Gasteiger partial charge in [-0.05, 0) is 37.0 Å². The van der Waals surface area contributed by atoms with Crippen molar-refractivity contribution in [1.82, 2.24) is 10.2 Å². The van der Waals surface area contributed by atoms with Gasteiger partial charge in [0.05, 0.1) is 12.3 Å². The summed E-state index contributed by atoms with van der Waals surface area (Å²) in [5.74, 6) is 0.0836. The number of anilines is 1. The predicted octanol–water partition coefficient (Wildman–Crippen LogP) is 1.58. The van der Waals surface area contributed by atoms with E-state index in [0.717, 1.165) is 31.4 Å². The van der Waals surface area contributed by atoms with Crippen LogP contribution in [0.25, 0.3) is 0 Å². The van der Waals surface area contributed by atoms with Crippen LogP contribution in [0.2, 0.25) is 0 Å². The Kier molecular flexibility index (Phi) is 5.81. The number of nitrogens with zero attached hydrogens (tertiary/aromatic N) is 1. The minimum Gasteiger partial charge on any atom is -0.399 e. The second kappa shape index (κ2) is 7.82. The molecule has 0 spiro atoms. The fourth-order valence-corrected chi connectivity index (χ4v) is 2.73. The van der Waals surface area contributed by atoms with E-state index in [2.05, 4.69) is 5.32 Å². The fraction of sp³-hybridized carbons (Fsp3) is 0.529. The lowest BCUT2D eigenvalue weighted by molar-refractivity contribution is -0.135. The Morgan fingerprint density at radius 3 is 2.73 bits per heavy atom.